The minimum atomic E-state index is -4.58. The molecule has 1 aromatic rings. The molecule has 0 radical (unpaired) electrons. The number of nitrogens with zero attached hydrogens (tertiary/aromatic N) is 1. The monoisotopic (exact) mass is 318 g/mol. The molecule has 0 bridgehead atoms. The van der Waals surface area contributed by atoms with Crippen LogP contribution < -0.4 is 5.32 Å². The van der Waals surface area contributed by atoms with E-state index in [-0.39, 0.29) is 10.6 Å². The van der Waals surface area contributed by atoms with E-state index in [4.69, 9.17) is 0 Å². The number of benzene rings is 1. The van der Waals surface area contributed by atoms with Crippen LogP contribution in [0.25, 0.3) is 0 Å². The summed E-state index contributed by atoms with van der Waals surface area (Å²) in [6.45, 7) is 4.31. The lowest BCUT2D eigenvalue weighted by atomic mass is 10.3. The fraction of sp³-hybridized carbons (Fsp3) is 0.571. The summed E-state index contributed by atoms with van der Waals surface area (Å²) in [5.74, 6) is -3.40. The molecule has 1 aliphatic carbocycles. The molecule has 1 saturated carbocycles. The van der Waals surface area contributed by atoms with E-state index < -0.39 is 15.6 Å². The minimum absolute atomic E-state index is 0.240. The molecule has 1 aliphatic rings. The second-order valence-corrected chi connectivity index (χ2v) is 6.97. The number of hydrogen-bond acceptors (Lipinski definition) is 4. The molecule has 21 heavy (non-hydrogen) atoms. The van der Waals surface area contributed by atoms with Gasteiger partial charge in [0.05, 0.1) is 10.6 Å². The molecule has 1 fully saturated rings. The van der Waals surface area contributed by atoms with Crippen LogP contribution in [0.5, 0.6) is 0 Å². The quantitative estimate of drug-likeness (QED) is 0.800. The number of hydrogen-bond donors (Lipinski definition) is 1. The first kappa shape index (κ1) is 16.2. The minimum Gasteiger partial charge on any atom is -0.383 e. The van der Waals surface area contributed by atoms with Gasteiger partial charge in [0.1, 0.15) is 0 Å². The van der Waals surface area contributed by atoms with Crippen LogP contribution in [0.1, 0.15) is 19.8 Å². The summed E-state index contributed by atoms with van der Waals surface area (Å²) in [6, 6.07) is 6.43. The third-order valence-corrected chi connectivity index (χ3v) is 5.05. The number of halogens is 2. The number of para-hydroxylation sites is 1. The average Bonchev–Trinajstić information content (AvgIpc) is 3.28. The zero-order valence-corrected chi connectivity index (χ0v) is 12.7. The average molecular weight is 318 g/mol. The van der Waals surface area contributed by atoms with E-state index in [0.717, 1.165) is 13.1 Å². The highest BCUT2D eigenvalue weighted by Gasteiger charge is 2.29. The van der Waals surface area contributed by atoms with Crippen molar-refractivity contribution in [3.8, 4) is 0 Å². The first-order valence-electron chi connectivity index (χ1n) is 7.05. The summed E-state index contributed by atoms with van der Waals surface area (Å²) in [6.07, 6.45) is 2.40. The molecule has 2 rings (SSSR count). The number of alkyl halides is 2. The Morgan fingerprint density at radius 3 is 2.57 bits per heavy atom. The lowest BCUT2D eigenvalue weighted by Gasteiger charge is -2.20. The fourth-order valence-electron chi connectivity index (χ4n) is 2.33. The standard InChI is InChI=1S/C14H20F2N2O2S/c1-2-18(11-7-8-11)10-9-17-12-5-3-4-6-13(12)21(19,20)14(15)16/h3-6,11,14,17H,2,7-10H2,1H3. The van der Waals surface area contributed by atoms with E-state index in [1.54, 1.807) is 6.07 Å². The molecule has 0 amide bonds. The van der Waals surface area contributed by atoms with Gasteiger partial charge in [0, 0.05) is 19.1 Å². The molecule has 7 heteroatoms. The Bertz CT molecular complexity index is 574. The van der Waals surface area contributed by atoms with Crippen LogP contribution in [0.4, 0.5) is 14.5 Å². The van der Waals surface area contributed by atoms with Crippen LogP contribution in [0.2, 0.25) is 0 Å². The summed E-state index contributed by atoms with van der Waals surface area (Å²) in [5, 5.41) is 2.97. The second kappa shape index (κ2) is 6.70. The van der Waals surface area contributed by atoms with Gasteiger partial charge in [0.15, 0.2) is 0 Å². The molecule has 0 spiro atoms. The highest BCUT2D eigenvalue weighted by Crippen LogP contribution is 2.27. The van der Waals surface area contributed by atoms with Crippen molar-refractivity contribution in [3.05, 3.63) is 24.3 Å². The molecular formula is C14H20F2N2O2S. The van der Waals surface area contributed by atoms with Gasteiger partial charge in [0.2, 0.25) is 9.84 Å². The molecule has 4 nitrogen and oxygen atoms in total. The highest BCUT2D eigenvalue weighted by atomic mass is 32.2. The van der Waals surface area contributed by atoms with Gasteiger partial charge in [0.25, 0.3) is 0 Å². The van der Waals surface area contributed by atoms with E-state index >= 15 is 0 Å². The molecule has 0 unspecified atom stereocenters. The highest BCUT2D eigenvalue weighted by molar-refractivity contribution is 7.91. The zero-order chi connectivity index (χ0) is 15.5. The molecule has 0 aromatic heterocycles. The van der Waals surface area contributed by atoms with Crippen molar-refractivity contribution in [1.29, 1.82) is 0 Å². The maximum atomic E-state index is 12.7. The molecule has 118 valence electrons. The molecule has 1 aromatic carbocycles. The number of nitrogens with one attached hydrogen (secondary N) is 1. The Morgan fingerprint density at radius 1 is 1.33 bits per heavy atom. The molecule has 0 aliphatic heterocycles. The Kier molecular flexibility index (Phi) is 5.16. The van der Waals surface area contributed by atoms with Crippen molar-refractivity contribution in [3.63, 3.8) is 0 Å². The Balaban J connectivity index is 2.03. The normalized spacial score (nSPS) is 15.7. The van der Waals surface area contributed by atoms with Crippen molar-refractivity contribution in [1.82, 2.24) is 4.90 Å². The van der Waals surface area contributed by atoms with Gasteiger partial charge in [-0.15, -0.1) is 0 Å². The number of anilines is 1. The zero-order valence-electron chi connectivity index (χ0n) is 11.9. The maximum absolute atomic E-state index is 12.7. The van der Waals surface area contributed by atoms with Gasteiger partial charge < -0.3 is 5.32 Å². The van der Waals surface area contributed by atoms with Gasteiger partial charge in [-0.3, -0.25) is 4.90 Å². The summed E-state index contributed by atoms with van der Waals surface area (Å²) >= 11 is 0. The number of likely N-dealkylation sites (N-methyl/N-ethyl adjacent to an activating group) is 1. The largest absolute Gasteiger partial charge is 0.383 e. The SMILES string of the molecule is CCN(CCNc1ccccc1S(=O)(=O)C(F)F)C1CC1. The predicted molar refractivity (Wildman–Crippen MR) is 78.4 cm³/mol. The van der Waals surface area contributed by atoms with Crippen molar-refractivity contribution in [2.45, 2.75) is 36.5 Å². The van der Waals surface area contributed by atoms with E-state index in [0.29, 0.717) is 12.6 Å². The fourth-order valence-corrected chi connectivity index (χ4v) is 3.24. The van der Waals surface area contributed by atoms with Crippen LogP contribution in [0.3, 0.4) is 0 Å². The first-order valence-corrected chi connectivity index (χ1v) is 8.60. The third-order valence-electron chi connectivity index (χ3n) is 3.61. The third kappa shape index (κ3) is 3.91. The van der Waals surface area contributed by atoms with Crippen LogP contribution in [-0.2, 0) is 9.84 Å². The summed E-state index contributed by atoms with van der Waals surface area (Å²) < 4.78 is 48.6. The van der Waals surface area contributed by atoms with Crippen molar-refractivity contribution in [2.24, 2.45) is 0 Å². The van der Waals surface area contributed by atoms with Gasteiger partial charge in [-0.25, -0.2) is 8.42 Å². The molecule has 1 N–H and O–H groups in total. The summed E-state index contributed by atoms with van der Waals surface area (Å²) in [5.41, 5.74) is 0.240. The Hall–Kier alpha value is -1.21. The second-order valence-electron chi connectivity index (χ2n) is 5.09. The molecule has 0 saturated heterocycles. The van der Waals surface area contributed by atoms with Crippen molar-refractivity contribution in [2.75, 3.05) is 25.0 Å². The molecule has 0 atom stereocenters. The van der Waals surface area contributed by atoms with E-state index in [1.165, 1.54) is 31.0 Å². The van der Waals surface area contributed by atoms with Crippen LogP contribution in [-0.4, -0.2) is 44.8 Å². The summed E-state index contributed by atoms with van der Waals surface area (Å²) in [7, 11) is -4.58. The van der Waals surface area contributed by atoms with Gasteiger partial charge in [-0.1, -0.05) is 19.1 Å². The predicted octanol–water partition coefficient (Wildman–Crippen LogP) is 2.58. The van der Waals surface area contributed by atoms with E-state index in [9.17, 15) is 17.2 Å². The molecule has 0 heterocycles. The maximum Gasteiger partial charge on any atom is 0.341 e. The van der Waals surface area contributed by atoms with Crippen LogP contribution in [0, 0.1) is 0 Å². The lowest BCUT2D eigenvalue weighted by molar-refractivity contribution is 0.235. The van der Waals surface area contributed by atoms with Crippen LogP contribution >= 0.6 is 0 Å². The number of sulfone groups is 1. The van der Waals surface area contributed by atoms with Crippen molar-refractivity contribution >= 4 is 15.5 Å². The van der Waals surface area contributed by atoms with Crippen molar-refractivity contribution < 1.29 is 17.2 Å². The Morgan fingerprint density at radius 2 is 2.00 bits per heavy atom. The molecular weight excluding hydrogens is 298 g/mol. The smallest absolute Gasteiger partial charge is 0.341 e. The van der Waals surface area contributed by atoms with Crippen LogP contribution in [0.15, 0.2) is 29.2 Å². The summed E-state index contributed by atoms with van der Waals surface area (Å²) in [4.78, 5) is 1.96. The van der Waals surface area contributed by atoms with Gasteiger partial charge in [-0.2, -0.15) is 8.78 Å². The number of rotatable bonds is 8. The first-order chi connectivity index (χ1) is 9.96. The van der Waals surface area contributed by atoms with Gasteiger partial charge in [-0.05, 0) is 31.5 Å². The van der Waals surface area contributed by atoms with E-state index in [2.05, 4.69) is 17.1 Å². The topological polar surface area (TPSA) is 49.4 Å². The lowest BCUT2D eigenvalue weighted by Crippen LogP contribution is -2.31. The van der Waals surface area contributed by atoms with Gasteiger partial charge >= 0.3 is 5.76 Å². The van der Waals surface area contributed by atoms with E-state index in [1.807, 2.05) is 0 Å². The Labute approximate surface area is 124 Å².